The Bertz CT molecular complexity index is 1060. The van der Waals surface area contributed by atoms with E-state index in [2.05, 4.69) is 17.2 Å². The van der Waals surface area contributed by atoms with Crippen LogP contribution in [-0.2, 0) is 22.5 Å². The molecule has 7 nitrogen and oxygen atoms in total. The lowest BCUT2D eigenvalue weighted by molar-refractivity contribution is -0.136. The summed E-state index contributed by atoms with van der Waals surface area (Å²) < 4.78 is 6.75. The third kappa shape index (κ3) is 2.70. The zero-order valence-corrected chi connectivity index (χ0v) is 15.3. The minimum absolute atomic E-state index is 0.115. The van der Waals surface area contributed by atoms with E-state index in [1.54, 1.807) is 0 Å². The quantitative estimate of drug-likeness (QED) is 0.805. The van der Waals surface area contributed by atoms with Gasteiger partial charge in [-0.15, -0.1) is 0 Å². The van der Waals surface area contributed by atoms with Gasteiger partial charge in [-0.2, -0.15) is 0 Å². The highest BCUT2D eigenvalue weighted by atomic mass is 16.5. The SMILES string of the molecule is CCCn1c2c(c(=O)[nH]c1=O)[C@@H](c1ccc(CC)cc1)C1=C(COC1=O)N2. The fourth-order valence-electron chi connectivity index (χ4n) is 3.80. The van der Waals surface area contributed by atoms with Crippen molar-refractivity contribution in [2.24, 2.45) is 0 Å². The second-order valence-electron chi connectivity index (χ2n) is 6.79. The molecular weight excluding hydrogens is 346 g/mol. The molecule has 0 amide bonds. The van der Waals surface area contributed by atoms with Crippen LogP contribution in [0.2, 0.25) is 0 Å². The molecule has 140 valence electrons. The number of H-pyrrole nitrogens is 1. The average molecular weight is 367 g/mol. The van der Waals surface area contributed by atoms with Crippen LogP contribution in [-0.4, -0.2) is 22.1 Å². The number of aryl methyl sites for hydroxylation is 1. The van der Waals surface area contributed by atoms with Gasteiger partial charge in [0.25, 0.3) is 5.56 Å². The second-order valence-corrected chi connectivity index (χ2v) is 6.79. The van der Waals surface area contributed by atoms with Crippen molar-refractivity contribution in [3.8, 4) is 0 Å². The van der Waals surface area contributed by atoms with Gasteiger partial charge in [-0.05, 0) is 24.0 Å². The van der Waals surface area contributed by atoms with Crippen molar-refractivity contribution in [2.75, 3.05) is 11.9 Å². The van der Waals surface area contributed by atoms with Crippen LogP contribution in [0.25, 0.3) is 0 Å². The molecule has 0 radical (unpaired) electrons. The van der Waals surface area contributed by atoms with Crippen molar-refractivity contribution in [1.29, 1.82) is 0 Å². The van der Waals surface area contributed by atoms with E-state index >= 15 is 0 Å². The number of hydrogen-bond acceptors (Lipinski definition) is 5. The molecule has 0 bridgehead atoms. The fourth-order valence-corrected chi connectivity index (χ4v) is 3.80. The predicted octanol–water partition coefficient (Wildman–Crippen LogP) is 1.88. The summed E-state index contributed by atoms with van der Waals surface area (Å²) in [5.74, 6) is -0.544. The number of esters is 1. The minimum Gasteiger partial charge on any atom is -0.456 e. The standard InChI is InChI=1S/C20H21N3O4/c1-3-9-23-17-16(18(24)22-20(23)26)14(12-7-5-11(4-2)6-8-12)15-13(21-17)10-27-19(15)25/h5-8,14,21H,3-4,9-10H2,1-2H3,(H,22,24,26)/t14-/m0/s1. The maximum atomic E-state index is 12.8. The highest BCUT2D eigenvalue weighted by Crippen LogP contribution is 2.42. The molecule has 0 fully saturated rings. The molecule has 2 N–H and O–H groups in total. The van der Waals surface area contributed by atoms with Crippen LogP contribution in [0.5, 0.6) is 0 Å². The van der Waals surface area contributed by atoms with Crippen LogP contribution in [0.4, 0.5) is 5.82 Å². The number of aromatic amines is 1. The van der Waals surface area contributed by atoms with Crippen LogP contribution in [0.15, 0.2) is 45.1 Å². The number of anilines is 1. The number of hydrogen-bond donors (Lipinski definition) is 2. The zero-order valence-electron chi connectivity index (χ0n) is 15.3. The predicted molar refractivity (Wildman–Crippen MR) is 101 cm³/mol. The number of nitrogens with zero attached hydrogens (tertiary/aromatic N) is 1. The summed E-state index contributed by atoms with van der Waals surface area (Å²) in [6.07, 6.45) is 1.63. The number of carbonyl (C=O) groups excluding carboxylic acids is 1. The molecule has 1 atom stereocenters. The van der Waals surface area contributed by atoms with E-state index in [1.165, 1.54) is 10.1 Å². The van der Waals surface area contributed by atoms with Crippen molar-refractivity contribution in [3.63, 3.8) is 0 Å². The van der Waals surface area contributed by atoms with Gasteiger partial charge in [0.1, 0.15) is 12.4 Å². The van der Waals surface area contributed by atoms with Crippen molar-refractivity contribution in [2.45, 2.75) is 39.2 Å². The van der Waals surface area contributed by atoms with E-state index in [-0.39, 0.29) is 6.61 Å². The van der Waals surface area contributed by atoms with Gasteiger partial charge in [0.05, 0.1) is 22.8 Å². The van der Waals surface area contributed by atoms with Gasteiger partial charge in [0, 0.05) is 6.54 Å². The molecule has 4 rings (SSSR count). The largest absolute Gasteiger partial charge is 0.456 e. The van der Waals surface area contributed by atoms with Gasteiger partial charge < -0.3 is 10.1 Å². The monoisotopic (exact) mass is 367 g/mol. The molecule has 2 aliphatic rings. The number of cyclic esters (lactones) is 1. The topological polar surface area (TPSA) is 93.2 Å². The summed E-state index contributed by atoms with van der Waals surface area (Å²) in [6.45, 7) is 4.60. The molecule has 3 heterocycles. The summed E-state index contributed by atoms with van der Waals surface area (Å²) in [5.41, 5.74) is 2.50. The van der Waals surface area contributed by atoms with E-state index in [9.17, 15) is 14.4 Å². The number of aromatic nitrogens is 2. The number of nitrogens with one attached hydrogen (secondary N) is 2. The fraction of sp³-hybridized carbons (Fsp3) is 0.350. The van der Waals surface area contributed by atoms with E-state index in [4.69, 9.17) is 4.74 Å². The zero-order chi connectivity index (χ0) is 19.1. The third-order valence-electron chi connectivity index (χ3n) is 5.14. The first-order chi connectivity index (χ1) is 13.0. The Hall–Kier alpha value is -3.09. The molecule has 27 heavy (non-hydrogen) atoms. The first-order valence-electron chi connectivity index (χ1n) is 9.18. The van der Waals surface area contributed by atoms with Crippen LogP contribution < -0.4 is 16.6 Å². The Labute approximate surface area is 155 Å². The van der Waals surface area contributed by atoms with Crippen LogP contribution in [0.1, 0.15) is 42.9 Å². The van der Waals surface area contributed by atoms with Crippen LogP contribution in [0, 0.1) is 0 Å². The maximum absolute atomic E-state index is 12.8. The molecule has 0 saturated heterocycles. The molecule has 1 aromatic carbocycles. The van der Waals surface area contributed by atoms with Crippen LogP contribution in [0.3, 0.4) is 0 Å². The molecule has 0 spiro atoms. The highest BCUT2D eigenvalue weighted by molar-refractivity contribution is 5.96. The Morgan fingerprint density at radius 3 is 2.56 bits per heavy atom. The van der Waals surface area contributed by atoms with Crippen LogP contribution >= 0.6 is 0 Å². The van der Waals surface area contributed by atoms with Gasteiger partial charge in [-0.3, -0.25) is 14.3 Å². The van der Waals surface area contributed by atoms with E-state index in [1.807, 2.05) is 31.2 Å². The van der Waals surface area contributed by atoms with E-state index in [0.29, 0.717) is 29.2 Å². The first kappa shape index (κ1) is 17.3. The summed E-state index contributed by atoms with van der Waals surface area (Å²) in [7, 11) is 0. The van der Waals surface area contributed by atoms with Crippen molar-refractivity contribution in [1.82, 2.24) is 9.55 Å². The molecule has 0 saturated carbocycles. The smallest absolute Gasteiger partial charge is 0.337 e. The average Bonchev–Trinajstić information content (AvgIpc) is 3.04. The third-order valence-corrected chi connectivity index (χ3v) is 5.14. The summed E-state index contributed by atoms with van der Waals surface area (Å²) in [5, 5.41) is 3.12. The van der Waals surface area contributed by atoms with Crippen molar-refractivity contribution < 1.29 is 9.53 Å². The molecule has 7 heteroatoms. The molecule has 0 aliphatic carbocycles. The van der Waals surface area contributed by atoms with E-state index in [0.717, 1.165) is 18.4 Å². The minimum atomic E-state index is -0.565. The first-order valence-corrected chi connectivity index (χ1v) is 9.18. The molecule has 1 aromatic heterocycles. The van der Waals surface area contributed by atoms with Gasteiger partial charge in [-0.1, -0.05) is 38.1 Å². The number of benzene rings is 1. The lowest BCUT2D eigenvalue weighted by atomic mass is 9.82. The van der Waals surface area contributed by atoms with Gasteiger partial charge in [-0.25, -0.2) is 9.59 Å². The Morgan fingerprint density at radius 2 is 1.89 bits per heavy atom. The lowest BCUT2D eigenvalue weighted by Gasteiger charge is -2.28. The Morgan fingerprint density at radius 1 is 1.15 bits per heavy atom. The normalized spacial score (nSPS) is 18.0. The van der Waals surface area contributed by atoms with Crippen molar-refractivity contribution >= 4 is 11.8 Å². The molecular formula is C20H21N3O4. The van der Waals surface area contributed by atoms with Crippen molar-refractivity contribution in [3.05, 3.63) is 73.1 Å². The number of rotatable bonds is 4. The van der Waals surface area contributed by atoms with Gasteiger partial charge in [0.2, 0.25) is 0 Å². The van der Waals surface area contributed by atoms with Gasteiger partial charge in [0.15, 0.2) is 0 Å². The molecule has 2 aliphatic heterocycles. The maximum Gasteiger partial charge on any atom is 0.337 e. The number of fused-ring (bicyclic) bond motifs is 1. The highest BCUT2D eigenvalue weighted by Gasteiger charge is 2.41. The van der Waals surface area contributed by atoms with E-state index < -0.39 is 23.1 Å². The van der Waals surface area contributed by atoms with Gasteiger partial charge >= 0.3 is 11.7 Å². The Kier molecular flexibility index (Phi) is 4.22. The number of ether oxygens (including phenoxy) is 1. The summed E-state index contributed by atoms with van der Waals surface area (Å²) in [6, 6.07) is 7.86. The molecule has 0 unspecified atom stereocenters. The second kappa shape index (κ2) is 6.57. The lowest BCUT2D eigenvalue weighted by Crippen LogP contribution is -2.38. The Balaban J connectivity index is 1.99. The number of carbonyl (C=O) groups is 1. The molecule has 2 aromatic rings. The summed E-state index contributed by atoms with van der Waals surface area (Å²) in [4.78, 5) is 39.9. The summed E-state index contributed by atoms with van der Waals surface area (Å²) >= 11 is 0.